The molecule has 4 nitrogen and oxygen atoms in total. The lowest BCUT2D eigenvalue weighted by Gasteiger charge is -2.18. The van der Waals surface area contributed by atoms with E-state index < -0.39 is 30.3 Å². The number of carbonyl (C=O) groups excluding carboxylic acids is 1. The molecule has 1 aromatic heterocycles. The lowest BCUT2D eigenvalue weighted by atomic mass is 10.2. The van der Waals surface area contributed by atoms with Gasteiger partial charge in [0.25, 0.3) is 5.91 Å². The second-order valence-corrected chi connectivity index (χ2v) is 4.91. The van der Waals surface area contributed by atoms with Crippen LogP contribution in [-0.2, 0) is 13.1 Å². The first kappa shape index (κ1) is 16.9. The van der Waals surface area contributed by atoms with Gasteiger partial charge in [-0.05, 0) is 12.1 Å². The molecule has 0 N–H and O–H groups in total. The molecule has 0 aliphatic heterocycles. The Morgan fingerprint density at radius 2 is 1.83 bits per heavy atom. The van der Waals surface area contributed by atoms with Gasteiger partial charge in [-0.15, -0.1) is 0 Å². The van der Waals surface area contributed by atoms with Crippen LogP contribution >= 0.6 is 0 Å². The Morgan fingerprint density at radius 3 is 2.39 bits per heavy atom. The summed E-state index contributed by atoms with van der Waals surface area (Å²) < 4.78 is 64.4. The van der Waals surface area contributed by atoms with Gasteiger partial charge in [-0.1, -0.05) is 0 Å². The standard InChI is InChI=1S/C14H12F5N3O/c1-21(13(23)9-4-10(15)6-11(16)5-9)7-12-20-2-3-22(12)8-14(17,18)19/h2-6H,7-8H2,1H3. The summed E-state index contributed by atoms with van der Waals surface area (Å²) in [5.41, 5.74) is -0.237. The van der Waals surface area contributed by atoms with E-state index in [-0.39, 0.29) is 17.9 Å². The third-order valence-corrected chi connectivity index (χ3v) is 2.99. The van der Waals surface area contributed by atoms with Crippen LogP contribution in [0.2, 0.25) is 0 Å². The topological polar surface area (TPSA) is 38.1 Å². The van der Waals surface area contributed by atoms with Crippen molar-refractivity contribution in [3.63, 3.8) is 0 Å². The summed E-state index contributed by atoms with van der Waals surface area (Å²) in [6, 6.07) is 2.32. The molecule has 23 heavy (non-hydrogen) atoms. The minimum atomic E-state index is -4.43. The summed E-state index contributed by atoms with van der Waals surface area (Å²) in [7, 11) is 1.30. The predicted octanol–water partition coefficient (Wildman–Crippen LogP) is 3.00. The van der Waals surface area contributed by atoms with Crippen molar-refractivity contribution in [2.24, 2.45) is 0 Å². The number of alkyl halides is 3. The van der Waals surface area contributed by atoms with Gasteiger partial charge in [0.05, 0.1) is 6.54 Å². The van der Waals surface area contributed by atoms with Crippen LogP contribution in [0.4, 0.5) is 22.0 Å². The highest BCUT2D eigenvalue weighted by atomic mass is 19.4. The van der Waals surface area contributed by atoms with Gasteiger partial charge in [0.2, 0.25) is 0 Å². The number of nitrogens with zero attached hydrogens (tertiary/aromatic N) is 3. The van der Waals surface area contributed by atoms with Crippen LogP contribution < -0.4 is 0 Å². The maximum atomic E-state index is 13.1. The SMILES string of the molecule is CN(Cc1nccn1CC(F)(F)F)C(=O)c1cc(F)cc(F)c1. The molecule has 0 unspecified atom stereocenters. The number of imidazole rings is 1. The van der Waals surface area contributed by atoms with Crippen LogP contribution in [0.3, 0.4) is 0 Å². The molecule has 0 saturated heterocycles. The Morgan fingerprint density at radius 1 is 1.22 bits per heavy atom. The zero-order valence-electron chi connectivity index (χ0n) is 11.9. The normalized spacial score (nSPS) is 11.6. The second-order valence-electron chi connectivity index (χ2n) is 4.91. The van der Waals surface area contributed by atoms with Gasteiger partial charge in [0.15, 0.2) is 0 Å². The van der Waals surface area contributed by atoms with Crippen LogP contribution in [0.5, 0.6) is 0 Å². The van der Waals surface area contributed by atoms with Crippen LogP contribution in [0, 0.1) is 11.6 Å². The van der Waals surface area contributed by atoms with Crippen LogP contribution in [0.15, 0.2) is 30.6 Å². The largest absolute Gasteiger partial charge is 0.406 e. The molecule has 0 fully saturated rings. The number of carbonyl (C=O) groups is 1. The van der Waals surface area contributed by atoms with E-state index in [0.29, 0.717) is 6.07 Å². The second kappa shape index (κ2) is 6.35. The predicted molar refractivity (Wildman–Crippen MR) is 70.4 cm³/mol. The van der Waals surface area contributed by atoms with E-state index in [4.69, 9.17) is 0 Å². The average molecular weight is 333 g/mol. The Hall–Kier alpha value is -2.45. The molecular weight excluding hydrogens is 321 g/mol. The van der Waals surface area contributed by atoms with Gasteiger partial charge in [0.1, 0.15) is 24.0 Å². The number of halogens is 5. The van der Waals surface area contributed by atoms with Crippen LogP contribution in [-0.4, -0.2) is 33.6 Å². The maximum absolute atomic E-state index is 13.1. The van der Waals surface area contributed by atoms with Crippen LogP contribution in [0.1, 0.15) is 16.2 Å². The van der Waals surface area contributed by atoms with Crippen molar-refractivity contribution in [2.45, 2.75) is 19.3 Å². The van der Waals surface area contributed by atoms with Crippen molar-refractivity contribution in [2.75, 3.05) is 7.05 Å². The molecule has 2 aromatic rings. The van der Waals surface area contributed by atoms with Crippen molar-refractivity contribution in [3.05, 3.63) is 53.6 Å². The molecule has 0 atom stereocenters. The number of aromatic nitrogens is 2. The third-order valence-electron chi connectivity index (χ3n) is 2.99. The zero-order chi connectivity index (χ0) is 17.2. The van der Waals surface area contributed by atoms with E-state index >= 15 is 0 Å². The summed E-state index contributed by atoms with van der Waals surface area (Å²) in [5, 5.41) is 0. The number of amides is 1. The summed E-state index contributed by atoms with van der Waals surface area (Å²) in [6.07, 6.45) is -2.10. The molecule has 0 spiro atoms. The van der Waals surface area contributed by atoms with Crippen molar-refractivity contribution in [1.29, 1.82) is 0 Å². The first-order chi connectivity index (χ1) is 10.7. The Kier molecular flexibility index (Phi) is 4.67. The molecule has 1 amide bonds. The highest BCUT2D eigenvalue weighted by Crippen LogP contribution is 2.19. The van der Waals surface area contributed by atoms with E-state index in [1.54, 1.807) is 0 Å². The highest BCUT2D eigenvalue weighted by Gasteiger charge is 2.29. The number of benzene rings is 1. The highest BCUT2D eigenvalue weighted by molar-refractivity contribution is 5.94. The Bertz CT molecular complexity index is 690. The number of hydrogen-bond donors (Lipinski definition) is 0. The molecular formula is C14H12F5N3O. The minimum Gasteiger partial charge on any atom is -0.334 e. The first-order valence-electron chi connectivity index (χ1n) is 6.44. The molecule has 0 radical (unpaired) electrons. The molecule has 2 rings (SSSR count). The number of rotatable bonds is 4. The summed E-state index contributed by atoms with van der Waals surface area (Å²) in [6.45, 7) is -1.47. The van der Waals surface area contributed by atoms with Crippen molar-refractivity contribution >= 4 is 5.91 Å². The van der Waals surface area contributed by atoms with Crippen molar-refractivity contribution < 1.29 is 26.7 Å². The Balaban J connectivity index is 2.14. The molecule has 1 aromatic carbocycles. The van der Waals surface area contributed by atoms with Gasteiger partial charge < -0.3 is 9.47 Å². The lowest BCUT2D eigenvalue weighted by molar-refractivity contribution is -0.141. The fraction of sp³-hybridized carbons (Fsp3) is 0.286. The van der Waals surface area contributed by atoms with Crippen molar-refractivity contribution in [1.82, 2.24) is 14.5 Å². The monoisotopic (exact) mass is 333 g/mol. The summed E-state index contributed by atoms with van der Waals surface area (Å²) in [5.74, 6) is -2.55. The minimum absolute atomic E-state index is 0.00931. The Labute approximate surface area is 128 Å². The van der Waals surface area contributed by atoms with Gasteiger partial charge in [-0.25, -0.2) is 13.8 Å². The maximum Gasteiger partial charge on any atom is 0.406 e. The molecule has 9 heteroatoms. The molecule has 124 valence electrons. The first-order valence-corrected chi connectivity index (χ1v) is 6.44. The molecule has 0 aliphatic carbocycles. The third kappa shape index (κ3) is 4.51. The summed E-state index contributed by atoms with van der Waals surface area (Å²) >= 11 is 0. The lowest BCUT2D eigenvalue weighted by Crippen LogP contribution is -2.29. The smallest absolute Gasteiger partial charge is 0.334 e. The van der Waals surface area contributed by atoms with E-state index in [0.717, 1.165) is 27.8 Å². The van der Waals surface area contributed by atoms with Gasteiger partial charge in [0, 0.05) is 31.1 Å². The van der Waals surface area contributed by atoms with Gasteiger partial charge in [-0.2, -0.15) is 13.2 Å². The van der Waals surface area contributed by atoms with Gasteiger partial charge >= 0.3 is 6.18 Å². The van der Waals surface area contributed by atoms with Crippen molar-refractivity contribution in [3.8, 4) is 0 Å². The fourth-order valence-corrected chi connectivity index (χ4v) is 2.01. The van der Waals surface area contributed by atoms with E-state index in [1.807, 2.05) is 0 Å². The van der Waals surface area contributed by atoms with Crippen LogP contribution in [0.25, 0.3) is 0 Å². The molecule has 0 saturated carbocycles. The molecule has 0 bridgehead atoms. The molecule has 1 heterocycles. The number of hydrogen-bond acceptors (Lipinski definition) is 2. The summed E-state index contributed by atoms with van der Waals surface area (Å²) in [4.78, 5) is 16.9. The average Bonchev–Trinajstić information content (AvgIpc) is 2.81. The van der Waals surface area contributed by atoms with E-state index in [1.165, 1.54) is 13.2 Å². The fourth-order valence-electron chi connectivity index (χ4n) is 2.01. The van der Waals surface area contributed by atoms with E-state index in [2.05, 4.69) is 4.98 Å². The zero-order valence-corrected chi connectivity index (χ0v) is 11.9. The van der Waals surface area contributed by atoms with Gasteiger partial charge in [-0.3, -0.25) is 4.79 Å². The quantitative estimate of drug-likeness (QED) is 0.807. The van der Waals surface area contributed by atoms with E-state index in [9.17, 15) is 26.7 Å². The molecule has 0 aliphatic rings.